The van der Waals surface area contributed by atoms with Crippen LogP contribution in [-0.2, 0) is 0 Å². The second kappa shape index (κ2) is 3.95. The highest BCUT2D eigenvalue weighted by Gasteiger charge is 2.11. The zero-order chi connectivity index (χ0) is 10.7. The van der Waals surface area contributed by atoms with Crippen LogP contribution >= 0.6 is 0 Å². The zero-order valence-electron chi connectivity index (χ0n) is 8.53. The van der Waals surface area contributed by atoms with Crippen molar-refractivity contribution in [2.75, 3.05) is 31.4 Å². The van der Waals surface area contributed by atoms with Crippen LogP contribution in [-0.4, -0.2) is 32.0 Å². The molecule has 1 amide bonds. The van der Waals surface area contributed by atoms with Gasteiger partial charge in [0.15, 0.2) is 5.69 Å². The minimum absolute atomic E-state index is 0.279. The molecule has 0 aliphatic carbocycles. The molecule has 0 saturated carbocycles. The van der Waals surface area contributed by atoms with E-state index in [9.17, 15) is 4.79 Å². The SMILES string of the molecule is CNc1ccc(N(C)C)c(C(N)=O)n1. The van der Waals surface area contributed by atoms with Gasteiger partial charge in [-0.15, -0.1) is 0 Å². The molecule has 0 aliphatic rings. The lowest BCUT2D eigenvalue weighted by molar-refractivity contribution is 0.0996. The Morgan fingerprint density at radius 2 is 2.14 bits per heavy atom. The minimum atomic E-state index is -0.522. The van der Waals surface area contributed by atoms with Gasteiger partial charge in [0.1, 0.15) is 5.82 Å². The van der Waals surface area contributed by atoms with Gasteiger partial charge in [-0.2, -0.15) is 0 Å². The number of primary amides is 1. The van der Waals surface area contributed by atoms with Gasteiger partial charge >= 0.3 is 0 Å². The molecule has 76 valence electrons. The topological polar surface area (TPSA) is 71.2 Å². The fourth-order valence-corrected chi connectivity index (χ4v) is 1.13. The van der Waals surface area contributed by atoms with Gasteiger partial charge in [0.25, 0.3) is 5.91 Å². The zero-order valence-corrected chi connectivity index (χ0v) is 8.53. The number of carbonyl (C=O) groups is 1. The molecular weight excluding hydrogens is 180 g/mol. The van der Waals surface area contributed by atoms with Crippen LogP contribution in [0.1, 0.15) is 10.5 Å². The summed E-state index contributed by atoms with van der Waals surface area (Å²) in [6.45, 7) is 0. The van der Waals surface area contributed by atoms with E-state index >= 15 is 0 Å². The van der Waals surface area contributed by atoms with Crippen molar-refractivity contribution >= 4 is 17.4 Å². The van der Waals surface area contributed by atoms with Crippen LogP contribution < -0.4 is 16.0 Å². The van der Waals surface area contributed by atoms with E-state index in [1.807, 2.05) is 14.1 Å². The van der Waals surface area contributed by atoms with E-state index in [0.29, 0.717) is 5.82 Å². The summed E-state index contributed by atoms with van der Waals surface area (Å²) in [4.78, 5) is 17.0. The normalized spacial score (nSPS) is 9.64. The number of aromatic nitrogens is 1. The Bertz CT molecular complexity index is 349. The smallest absolute Gasteiger partial charge is 0.269 e. The van der Waals surface area contributed by atoms with Crippen molar-refractivity contribution in [3.63, 3.8) is 0 Å². The summed E-state index contributed by atoms with van der Waals surface area (Å²) in [5.74, 6) is 0.107. The number of carbonyl (C=O) groups excluding carboxylic acids is 1. The Labute approximate surface area is 82.9 Å². The Morgan fingerprint density at radius 3 is 2.57 bits per heavy atom. The average molecular weight is 194 g/mol. The lowest BCUT2D eigenvalue weighted by atomic mass is 10.2. The molecule has 1 aromatic rings. The molecular formula is C9H14N4O. The fourth-order valence-electron chi connectivity index (χ4n) is 1.13. The lowest BCUT2D eigenvalue weighted by Gasteiger charge is -2.15. The predicted molar refractivity (Wildman–Crippen MR) is 56.6 cm³/mol. The van der Waals surface area contributed by atoms with Crippen LogP contribution in [0.4, 0.5) is 11.5 Å². The molecule has 0 saturated heterocycles. The van der Waals surface area contributed by atoms with Crippen molar-refractivity contribution in [1.29, 1.82) is 0 Å². The van der Waals surface area contributed by atoms with Crippen molar-refractivity contribution in [2.24, 2.45) is 5.73 Å². The third-order valence-corrected chi connectivity index (χ3v) is 1.85. The molecule has 0 atom stereocenters. The summed E-state index contributed by atoms with van der Waals surface area (Å²) in [6, 6.07) is 3.60. The van der Waals surface area contributed by atoms with E-state index < -0.39 is 5.91 Å². The third-order valence-electron chi connectivity index (χ3n) is 1.85. The number of pyridine rings is 1. The number of amides is 1. The van der Waals surface area contributed by atoms with Crippen LogP contribution in [0.5, 0.6) is 0 Å². The highest BCUT2D eigenvalue weighted by Crippen LogP contribution is 2.18. The highest BCUT2D eigenvalue weighted by atomic mass is 16.1. The second-order valence-electron chi connectivity index (χ2n) is 3.07. The van der Waals surface area contributed by atoms with Crippen LogP contribution in [0.3, 0.4) is 0 Å². The maximum absolute atomic E-state index is 11.1. The molecule has 0 unspecified atom stereocenters. The molecule has 0 radical (unpaired) electrons. The third kappa shape index (κ3) is 1.93. The quantitative estimate of drug-likeness (QED) is 0.725. The molecule has 0 bridgehead atoms. The van der Waals surface area contributed by atoms with Crippen molar-refractivity contribution in [1.82, 2.24) is 4.98 Å². The van der Waals surface area contributed by atoms with Crippen molar-refractivity contribution in [3.05, 3.63) is 17.8 Å². The Balaban J connectivity index is 3.24. The first-order valence-corrected chi connectivity index (χ1v) is 4.22. The van der Waals surface area contributed by atoms with E-state index in [-0.39, 0.29) is 5.69 Å². The summed E-state index contributed by atoms with van der Waals surface area (Å²) in [6.07, 6.45) is 0. The Hall–Kier alpha value is -1.78. The van der Waals surface area contributed by atoms with Crippen molar-refractivity contribution in [3.8, 4) is 0 Å². The Kier molecular flexibility index (Phi) is 2.91. The number of rotatable bonds is 3. The summed E-state index contributed by atoms with van der Waals surface area (Å²) in [5, 5.41) is 2.85. The molecule has 5 heteroatoms. The van der Waals surface area contributed by atoms with Crippen molar-refractivity contribution < 1.29 is 4.79 Å². The molecule has 0 aromatic carbocycles. The first-order valence-electron chi connectivity index (χ1n) is 4.22. The second-order valence-corrected chi connectivity index (χ2v) is 3.07. The summed E-state index contributed by atoms with van der Waals surface area (Å²) in [7, 11) is 5.41. The average Bonchev–Trinajstić information content (AvgIpc) is 2.16. The van der Waals surface area contributed by atoms with Gasteiger partial charge in [-0.1, -0.05) is 0 Å². The standard InChI is InChI=1S/C9H14N4O/c1-11-7-5-4-6(13(2)3)8(12-7)9(10)14/h4-5H,1-3H3,(H2,10,14)(H,11,12). The van der Waals surface area contributed by atoms with E-state index in [0.717, 1.165) is 5.69 Å². The molecule has 0 fully saturated rings. The van der Waals surface area contributed by atoms with Crippen LogP contribution in [0.25, 0.3) is 0 Å². The molecule has 1 aromatic heterocycles. The molecule has 1 heterocycles. The summed E-state index contributed by atoms with van der Waals surface area (Å²) >= 11 is 0. The molecule has 1 rings (SSSR count). The number of nitrogens with one attached hydrogen (secondary N) is 1. The van der Waals surface area contributed by atoms with Gasteiger partial charge in [-0.25, -0.2) is 4.98 Å². The largest absolute Gasteiger partial charge is 0.376 e. The maximum atomic E-state index is 11.1. The molecule has 0 aliphatic heterocycles. The fraction of sp³-hybridized carbons (Fsp3) is 0.333. The number of nitrogens with two attached hydrogens (primary N) is 1. The molecule has 5 nitrogen and oxygen atoms in total. The molecule has 3 N–H and O–H groups in total. The Morgan fingerprint density at radius 1 is 1.50 bits per heavy atom. The minimum Gasteiger partial charge on any atom is -0.376 e. The van der Waals surface area contributed by atoms with Crippen molar-refractivity contribution in [2.45, 2.75) is 0 Å². The van der Waals surface area contributed by atoms with Gasteiger partial charge in [0.2, 0.25) is 0 Å². The first-order chi connectivity index (χ1) is 6.56. The van der Waals surface area contributed by atoms with Gasteiger partial charge in [-0.05, 0) is 12.1 Å². The molecule has 14 heavy (non-hydrogen) atoms. The van der Waals surface area contributed by atoms with E-state index in [2.05, 4.69) is 10.3 Å². The van der Waals surface area contributed by atoms with Gasteiger partial charge in [0.05, 0.1) is 5.69 Å². The van der Waals surface area contributed by atoms with E-state index in [1.54, 1.807) is 24.1 Å². The number of anilines is 2. The van der Waals surface area contributed by atoms with Crippen LogP contribution in [0.15, 0.2) is 12.1 Å². The summed E-state index contributed by atoms with van der Waals surface area (Å²) < 4.78 is 0. The maximum Gasteiger partial charge on any atom is 0.269 e. The monoisotopic (exact) mass is 194 g/mol. The molecule has 0 spiro atoms. The van der Waals surface area contributed by atoms with Crippen LogP contribution in [0, 0.1) is 0 Å². The number of hydrogen-bond acceptors (Lipinski definition) is 4. The van der Waals surface area contributed by atoms with Crippen LogP contribution in [0.2, 0.25) is 0 Å². The van der Waals surface area contributed by atoms with Gasteiger partial charge < -0.3 is 16.0 Å². The van der Waals surface area contributed by atoms with E-state index in [1.165, 1.54) is 0 Å². The predicted octanol–water partition coefficient (Wildman–Crippen LogP) is 0.288. The van der Waals surface area contributed by atoms with E-state index in [4.69, 9.17) is 5.73 Å². The van der Waals surface area contributed by atoms with Gasteiger partial charge in [0, 0.05) is 21.1 Å². The number of hydrogen-bond donors (Lipinski definition) is 2. The lowest BCUT2D eigenvalue weighted by Crippen LogP contribution is -2.20. The van der Waals surface area contributed by atoms with Gasteiger partial charge in [-0.3, -0.25) is 4.79 Å². The first kappa shape index (κ1) is 10.3. The number of nitrogens with zero attached hydrogens (tertiary/aromatic N) is 2. The highest BCUT2D eigenvalue weighted by molar-refractivity contribution is 5.97. The summed E-state index contributed by atoms with van der Waals surface area (Å²) in [5.41, 5.74) is 6.22.